The van der Waals surface area contributed by atoms with Gasteiger partial charge in [-0.15, -0.1) is 0 Å². The second kappa shape index (κ2) is 32.5. The number of carbonyl (C=O) groups is 2. The summed E-state index contributed by atoms with van der Waals surface area (Å²) in [5.74, 6) is -7.14. The highest BCUT2D eigenvalue weighted by Gasteiger charge is 2.51. The van der Waals surface area contributed by atoms with Gasteiger partial charge in [-0.05, 0) is 46.0 Å². The van der Waals surface area contributed by atoms with Crippen molar-refractivity contribution in [2.24, 2.45) is 29.4 Å². The molecule has 0 amide bonds. The molecule has 16 unspecified atom stereocenters. The minimum Gasteiger partial charge on any atom is -0.481 e. The number of aliphatic hydroxyl groups is 10. The molecule has 3 saturated heterocycles. The van der Waals surface area contributed by atoms with Crippen LogP contribution in [0.3, 0.4) is 0 Å². The van der Waals surface area contributed by atoms with Gasteiger partial charge in [-0.3, -0.25) is 9.59 Å². The summed E-state index contributed by atoms with van der Waals surface area (Å²) in [6, 6.07) is -0.682. The van der Waals surface area contributed by atoms with Crippen molar-refractivity contribution in [3.05, 3.63) is 73.4 Å². The van der Waals surface area contributed by atoms with Gasteiger partial charge >= 0.3 is 11.9 Å². The number of nitrogens with two attached hydrogens (primary N) is 1. The van der Waals surface area contributed by atoms with Gasteiger partial charge in [0.05, 0.1) is 86.3 Å². The van der Waals surface area contributed by atoms with E-state index in [-0.39, 0.29) is 51.0 Å². The lowest BCUT2D eigenvalue weighted by Gasteiger charge is -2.45. The Morgan fingerprint density at radius 2 is 1.50 bits per heavy atom. The first-order valence-corrected chi connectivity index (χ1v) is 26.1. The quantitative estimate of drug-likeness (QED) is 0.0350. The van der Waals surface area contributed by atoms with Gasteiger partial charge in [-0.25, -0.2) is 0 Å². The van der Waals surface area contributed by atoms with Gasteiger partial charge in [0.25, 0.3) is 0 Å². The number of esters is 1. The number of unbranched alkanes of at least 4 members (excludes halogenated alkanes) is 1. The van der Waals surface area contributed by atoms with Gasteiger partial charge in [0, 0.05) is 49.5 Å². The number of aliphatic hydroxyl groups excluding tert-OH is 9. The summed E-state index contributed by atoms with van der Waals surface area (Å²) in [5, 5.41) is 118. The lowest BCUT2D eigenvalue weighted by atomic mass is 9.82. The molecule has 424 valence electrons. The Kier molecular flexibility index (Phi) is 28.5. The van der Waals surface area contributed by atoms with E-state index in [1.54, 1.807) is 57.2 Å². The zero-order valence-corrected chi connectivity index (χ0v) is 43.9. The fourth-order valence-corrected chi connectivity index (χ4v) is 9.42. The Morgan fingerprint density at radius 1 is 0.838 bits per heavy atom. The molecule has 0 aromatic heterocycles. The molecule has 20 nitrogen and oxygen atoms in total. The van der Waals surface area contributed by atoms with Crippen LogP contribution in [0, 0.1) is 23.7 Å². The molecule has 13 N–H and O–H groups in total. The maximum Gasteiger partial charge on any atom is 0.311 e. The van der Waals surface area contributed by atoms with E-state index < -0.39 is 159 Å². The van der Waals surface area contributed by atoms with Crippen molar-refractivity contribution in [1.82, 2.24) is 0 Å². The molecule has 74 heavy (non-hydrogen) atoms. The second-order valence-corrected chi connectivity index (χ2v) is 20.5. The van der Waals surface area contributed by atoms with E-state index >= 15 is 0 Å². The summed E-state index contributed by atoms with van der Waals surface area (Å²) < 4.78 is 35.7. The predicted octanol–water partition coefficient (Wildman–Crippen LogP) is 2.34. The summed E-state index contributed by atoms with van der Waals surface area (Å²) in [6.45, 7) is 14.4. The van der Waals surface area contributed by atoms with Crippen molar-refractivity contribution >= 4 is 11.9 Å². The van der Waals surface area contributed by atoms with Crippen LogP contribution in [0.25, 0.3) is 0 Å². The molecule has 22 atom stereocenters. The molecule has 3 heterocycles. The fraction of sp³-hybridized carbons (Fsp3) is 0.741. The van der Waals surface area contributed by atoms with Crippen molar-refractivity contribution in [2.75, 3.05) is 6.61 Å². The average molecular weight is 1060 g/mol. The van der Waals surface area contributed by atoms with Crippen LogP contribution in [0.1, 0.15) is 112 Å². The van der Waals surface area contributed by atoms with Crippen molar-refractivity contribution in [3.8, 4) is 0 Å². The normalized spacial score (nSPS) is 33.3. The first-order valence-electron chi connectivity index (χ1n) is 26.1. The van der Waals surface area contributed by atoms with Crippen LogP contribution in [-0.4, -0.2) is 185 Å². The van der Waals surface area contributed by atoms with Gasteiger partial charge < -0.3 is 90.3 Å². The van der Waals surface area contributed by atoms with E-state index in [1.807, 2.05) is 44.2 Å². The number of allylic oxidation sites excluding steroid dienone is 9. The molecular formula is C54H89NO19. The average Bonchev–Trinajstić information content (AvgIpc) is 3.31. The van der Waals surface area contributed by atoms with Crippen LogP contribution in [0.5, 0.6) is 0 Å². The van der Waals surface area contributed by atoms with Gasteiger partial charge in [0.2, 0.25) is 0 Å². The topological polar surface area (TPSA) is 338 Å². The van der Waals surface area contributed by atoms with Crippen LogP contribution < -0.4 is 5.73 Å². The molecule has 3 aliphatic rings. The Labute approximate surface area is 436 Å². The van der Waals surface area contributed by atoms with E-state index in [0.29, 0.717) is 0 Å². The van der Waals surface area contributed by atoms with Crippen molar-refractivity contribution in [2.45, 2.75) is 222 Å². The third-order valence-electron chi connectivity index (χ3n) is 14.0. The standard InChI is InChI=1S/C54H89NO19/c1-8-10-12-13-14-15-16-17-18-20-39(72-53-33(5)49(55)44(63)30-69-53)26-45-48(52(66)67)43(62)29-54(68,74-45)28-42(61)40(59)22-21-36(56)23-37(57)24-38(58)25-46(64)70-34(6)32(4)51(31(3)19-11-9-2)73-47-27-41(60)50(65)35(7)71-47/h9,11-20,31-45,47-51,53,56-63,65,68H,2,8,10,21-30,55H2,1,3-7H3,(H,66,67)/b13-12+,15-14+,17-16+,19-11+,20-18+/t31?,32?,33-,34?,35+,36?,37?,38?,39?,40?,41-,42?,43?,44-,45?,47?,48?,49-,50+,51?,53?,54?/m1/s1. The van der Waals surface area contributed by atoms with Gasteiger partial charge in [-0.2, -0.15) is 0 Å². The number of hydrogen-bond donors (Lipinski definition) is 12. The van der Waals surface area contributed by atoms with Crippen LogP contribution in [0.15, 0.2) is 73.4 Å². The van der Waals surface area contributed by atoms with Crippen LogP contribution in [0.2, 0.25) is 0 Å². The smallest absolute Gasteiger partial charge is 0.311 e. The highest BCUT2D eigenvalue weighted by molar-refractivity contribution is 5.71. The predicted molar refractivity (Wildman–Crippen MR) is 272 cm³/mol. The van der Waals surface area contributed by atoms with Crippen LogP contribution >= 0.6 is 0 Å². The molecule has 3 fully saturated rings. The largest absolute Gasteiger partial charge is 0.481 e. The number of hydrogen-bond acceptors (Lipinski definition) is 19. The number of aliphatic carboxylic acids is 1. The number of ether oxygens (including phenoxy) is 6. The first-order chi connectivity index (χ1) is 34.9. The number of carboxylic acid groups (broad SMARTS) is 1. The molecule has 0 bridgehead atoms. The van der Waals surface area contributed by atoms with Gasteiger partial charge in [0.1, 0.15) is 18.1 Å². The van der Waals surface area contributed by atoms with E-state index in [1.165, 1.54) is 0 Å². The summed E-state index contributed by atoms with van der Waals surface area (Å²) >= 11 is 0. The lowest BCUT2D eigenvalue weighted by molar-refractivity contribution is -0.306. The molecule has 20 heteroatoms. The molecule has 0 saturated carbocycles. The summed E-state index contributed by atoms with van der Waals surface area (Å²) in [5.41, 5.74) is 6.18. The third kappa shape index (κ3) is 21.6. The van der Waals surface area contributed by atoms with E-state index in [2.05, 4.69) is 13.5 Å². The Hall–Kier alpha value is -3.26. The third-order valence-corrected chi connectivity index (χ3v) is 14.0. The minimum absolute atomic E-state index is 0.0331. The zero-order chi connectivity index (χ0) is 55.3. The zero-order valence-electron chi connectivity index (χ0n) is 43.9. The molecular weight excluding hydrogens is 967 g/mol. The molecule has 3 rings (SSSR count). The van der Waals surface area contributed by atoms with Crippen molar-refractivity contribution in [3.63, 3.8) is 0 Å². The maximum absolute atomic E-state index is 13.0. The highest BCUT2D eigenvalue weighted by Crippen LogP contribution is 2.38. The summed E-state index contributed by atoms with van der Waals surface area (Å²) in [7, 11) is 0. The molecule has 0 aromatic rings. The molecule has 0 radical (unpaired) electrons. The Bertz CT molecular complexity index is 1800. The number of carbonyl (C=O) groups excluding carboxylic acids is 1. The first kappa shape index (κ1) is 65.0. The summed E-state index contributed by atoms with van der Waals surface area (Å²) in [4.78, 5) is 25.5. The van der Waals surface area contributed by atoms with Crippen molar-refractivity contribution < 1.29 is 94.2 Å². The second-order valence-electron chi connectivity index (χ2n) is 20.5. The van der Waals surface area contributed by atoms with E-state index in [0.717, 1.165) is 12.8 Å². The van der Waals surface area contributed by atoms with Crippen LogP contribution in [0.4, 0.5) is 0 Å². The van der Waals surface area contributed by atoms with E-state index in [9.17, 15) is 65.8 Å². The Balaban J connectivity index is 1.56. The Morgan fingerprint density at radius 3 is 2.15 bits per heavy atom. The number of rotatable bonds is 31. The molecule has 0 aliphatic carbocycles. The maximum atomic E-state index is 13.0. The van der Waals surface area contributed by atoms with E-state index in [4.69, 9.17) is 34.2 Å². The fourth-order valence-electron chi connectivity index (χ4n) is 9.42. The lowest BCUT2D eigenvalue weighted by Crippen LogP contribution is -2.57. The molecule has 0 spiro atoms. The van der Waals surface area contributed by atoms with Gasteiger partial charge in [-0.1, -0.05) is 108 Å². The monoisotopic (exact) mass is 1060 g/mol. The van der Waals surface area contributed by atoms with Crippen LogP contribution in [-0.2, 0) is 38.0 Å². The minimum atomic E-state index is -2.32. The SMILES string of the molecule is C=C/C=C/C(C)C(OC1C[C@@H](O)[C@@H](O)[C@H](C)O1)C(C)C(C)OC(=O)CC(O)CC(O)CC(O)CCC(O)C(O)CC1(O)CC(O)C(C(=O)O)C(CC(/C=C/C=C/C=C/C=C/CCC)OC2OC[C@@H](O)[C@H](N)[C@H]2C)O1. The number of carboxylic acids is 1. The molecule has 0 aromatic carbocycles. The summed E-state index contributed by atoms with van der Waals surface area (Å²) in [6.07, 6.45) is 0.923. The van der Waals surface area contributed by atoms with Crippen molar-refractivity contribution in [1.29, 1.82) is 0 Å². The molecule has 3 aliphatic heterocycles. The van der Waals surface area contributed by atoms with Gasteiger partial charge in [0.15, 0.2) is 18.4 Å². The highest BCUT2D eigenvalue weighted by atomic mass is 16.7.